The summed E-state index contributed by atoms with van der Waals surface area (Å²) in [5.41, 5.74) is 0. The van der Waals surface area contributed by atoms with Gasteiger partial charge in [0.2, 0.25) is 0 Å². The van der Waals surface area contributed by atoms with E-state index in [0.717, 1.165) is 58.4 Å². The van der Waals surface area contributed by atoms with Crippen LogP contribution in [0.1, 0.15) is 130 Å². The van der Waals surface area contributed by atoms with Crippen LogP contribution in [0.2, 0.25) is 0 Å². The molecule has 0 aromatic rings. The van der Waals surface area contributed by atoms with Gasteiger partial charge >= 0.3 is 5.97 Å². The van der Waals surface area contributed by atoms with Gasteiger partial charge in [-0.2, -0.15) is 0 Å². The van der Waals surface area contributed by atoms with Gasteiger partial charge in [0.15, 0.2) is 0 Å². The number of hydrogen-bond donors (Lipinski definition) is 2. The molecule has 0 spiro atoms. The van der Waals surface area contributed by atoms with Crippen LogP contribution in [0.4, 0.5) is 0 Å². The van der Waals surface area contributed by atoms with Gasteiger partial charge in [-0.25, -0.2) is 0 Å². The number of likely N-dealkylation sites (N-methyl/N-ethyl adjacent to an activating group) is 1. The summed E-state index contributed by atoms with van der Waals surface area (Å²) in [6.45, 7) is 12.4. The second-order valence-corrected chi connectivity index (χ2v) is 10.0. The molecule has 0 fully saturated rings. The van der Waals surface area contributed by atoms with Gasteiger partial charge in [-0.15, -0.1) is 0 Å². The minimum atomic E-state index is -0.00185. The van der Waals surface area contributed by atoms with Gasteiger partial charge in [0.25, 0.3) is 0 Å². The summed E-state index contributed by atoms with van der Waals surface area (Å²) in [5, 5.41) is 12.5. The fourth-order valence-electron chi connectivity index (χ4n) is 4.49. The molecule has 0 aliphatic rings. The molecule has 0 aromatic carbocycles. The molecule has 0 aliphatic heterocycles. The molecular formula is C29H60N2O3. The van der Waals surface area contributed by atoms with Gasteiger partial charge in [0, 0.05) is 13.0 Å². The van der Waals surface area contributed by atoms with Gasteiger partial charge in [-0.3, -0.25) is 4.79 Å². The maximum atomic E-state index is 12.2. The molecule has 0 aliphatic carbocycles. The second-order valence-electron chi connectivity index (χ2n) is 10.0. The predicted molar refractivity (Wildman–Crippen MR) is 146 cm³/mol. The Balaban J connectivity index is 3.82. The van der Waals surface area contributed by atoms with E-state index in [0.29, 0.717) is 18.9 Å². The third kappa shape index (κ3) is 23.1. The van der Waals surface area contributed by atoms with Crippen LogP contribution >= 0.6 is 0 Å². The Labute approximate surface area is 212 Å². The minimum Gasteiger partial charge on any atom is -0.465 e. The smallest absolute Gasteiger partial charge is 0.305 e. The second kappa shape index (κ2) is 26.9. The zero-order valence-electron chi connectivity index (χ0n) is 23.3. The highest BCUT2D eigenvalue weighted by Crippen LogP contribution is 2.19. The van der Waals surface area contributed by atoms with E-state index in [1.165, 1.54) is 77.0 Å². The monoisotopic (exact) mass is 484 g/mol. The Bertz CT molecular complexity index is 420. The van der Waals surface area contributed by atoms with Gasteiger partial charge in [-0.1, -0.05) is 91.4 Å². The van der Waals surface area contributed by atoms with Gasteiger partial charge < -0.3 is 20.1 Å². The first-order valence-corrected chi connectivity index (χ1v) is 14.9. The van der Waals surface area contributed by atoms with Crippen molar-refractivity contribution in [3.05, 3.63) is 0 Å². The molecule has 0 aromatic heterocycles. The van der Waals surface area contributed by atoms with E-state index in [1.807, 2.05) is 0 Å². The molecule has 34 heavy (non-hydrogen) atoms. The van der Waals surface area contributed by atoms with Crippen molar-refractivity contribution in [1.29, 1.82) is 0 Å². The number of esters is 1. The molecule has 1 atom stereocenters. The number of nitrogens with zero attached hydrogens (tertiary/aromatic N) is 1. The van der Waals surface area contributed by atoms with Crippen LogP contribution in [0.3, 0.4) is 0 Å². The first-order valence-electron chi connectivity index (χ1n) is 14.9. The van der Waals surface area contributed by atoms with Crippen molar-refractivity contribution in [3.63, 3.8) is 0 Å². The fourth-order valence-corrected chi connectivity index (χ4v) is 4.49. The van der Waals surface area contributed by atoms with E-state index in [4.69, 9.17) is 9.84 Å². The summed E-state index contributed by atoms with van der Waals surface area (Å²) >= 11 is 0. The third-order valence-corrected chi connectivity index (χ3v) is 6.84. The number of hydrogen-bond acceptors (Lipinski definition) is 5. The molecule has 2 N–H and O–H groups in total. The molecule has 0 bridgehead atoms. The minimum absolute atomic E-state index is 0.00185. The molecular weight excluding hydrogens is 424 g/mol. The number of nitrogens with one attached hydrogen (secondary N) is 1. The first-order chi connectivity index (χ1) is 16.7. The van der Waals surface area contributed by atoms with Crippen LogP contribution in [0.15, 0.2) is 0 Å². The highest BCUT2D eigenvalue weighted by molar-refractivity contribution is 5.69. The average Bonchev–Trinajstić information content (AvgIpc) is 2.84. The number of carbonyl (C=O) groups is 1. The first kappa shape index (κ1) is 33.4. The Morgan fingerprint density at radius 1 is 0.765 bits per heavy atom. The van der Waals surface area contributed by atoms with Gasteiger partial charge in [0.05, 0.1) is 13.2 Å². The number of ether oxygens (including phenoxy) is 1. The number of rotatable bonds is 27. The summed E-state index contributed by atoms with van der Waals surface area (Å²) in [7, 11) is 0. The highest BCUT2D eigenvalue weighted by Gasteiger charge is 2.12. The largest absolute Gasteiger partial charge is 0.465 e. The standard InChI is InChI=1S/C29H60N2O3/c1-4-7-9-11-12-15-20-28(19-14-10-8-5-2)27-34-29(33)21-16-13-17-22-30-23-18-24-31(6-3)25-26-32/h28,30,32H,4-27H2,1-3H3. The van der Waals surface area contributed by atoms with Crippen LogP contribution in [-0.4, -0.2) is 61.9 Å². The van der Waals surface area contributed by atoms with Crippen molar-refractivity contribution in [1.82, 2.24) is 10.2 Å². The number of carbonyl (C=O) groups excluding carboxylic acids is 1. The zero-order valence-corrected chi connectivity index (χ0v) is 23.3. The maximum absolute atomic E-state index is 12.2. The van der Waals surface area contributed by atoms with Crippen molar-refractivity contribution >= 4 is 5.97 Å². The number of unbranched alkanes of at least 4 members (excludes halogenated alkanes) is 10. The summed E-state index contributed by atoms with van der Waals surface area (Å²) in [4.78, 5) is 14.5. The molecule has 0 saturated heterocycles. The van der Waals surface area contributed by atoms with E-state index in [-0.39, 0.29) is 12.6 Å². The normalized spacial score (nSPS) is 12.4. The lowest BCUT2D eigenvalue weighted by Crippen LogP contribution is -2.30. The Kier molecular flexibility index (Phi) is 26.4. The Morgan fingerprint density at radius 2 is 1.35 bits per heavy atom. The van der Waals surface area contributed by atoms with Crippen molar-refractivity contribution in [2.75, 3.05) is 45.9 Å². The van der Waals surface area contributed by atoms with Crippen molar-refractivity contribution < 1.29 is 14.6 Å². The fraction of sp³-hybridized carbons (Fsp3) is 0.966. The molecule has 0 radical (unpaired) electrons. The van der Waals surface area contributed by atoms with Crippen LogP contribution < -0.4 is 5.32 Å². The predicted octanol–water partition coefficient (Wildman–Crippen LogP) is 6.72. The summed E-state index contributed by atoms with van der Waals surface area (Å²) in [6, 6.07) is 0. The van der Waals surface area contributed by atoms with Crippen LogP contribution in [0.5, 0.6) is 0 Å². The van der Waals surface area contributed by atoms with Crippen LogP contribution in [0, 0.1) is 5.92 Å². The topological polar surface area (TPSA) is 61.8 Å². The highest BCUT2D eigenvalue weighted by atomic mass is 16.5. The van der Waals surface area contributed by atoms with Crippen LogP contribution in [0.25, 0.3) is 0 Å². The maximum Gasteiger partial charge on any atom is 0.305 e. The quantitative estimate of drug-likeness (QED) is 0.100. The number of aliphatic hydroxyl groups is 1. The van der Waals surface area contributed by atoms with Gasteiger partial charge in [-0.05, 0) is 64.2 Å². The lowest BCUT2D eigenvalue weighted by molar-refractivity contribution is -0.145. The van der Waals surface area contributed by atoms with Crippen molar-refractivity contribution in [2.24, 2.45) is 5.92 Å². The summed E-state index contributed by atoms with van der Waals surface area (Å²) < 4.78 is 5.69. The van der Waals surface area contributed by atoms with E-state index in [1.54, 1.807) is 0 Å². The van der Waals surface area contributed by atoms with Crippen molar-refractivity contribution in [3.8, 4) is 0 Å². The third-order valence-electron chi connectivity index (χ3n) is 6.84. The molecule has 5 heteroatoms. The molecule has 5 nitrogen and oxygen atoms in total. The van der Waals surface area contributed by atoms with E-state index < -0.39 is 0 Å². The number of aliphatic hydroxyl groups excluding tert-OH is 1. The van der Waals surface area contributed by atoms with Gasteiger partial charge in [0.1, 0.15) is 0 Å². The van der Waals surface area contributed by atoms with E-state index >= 15 is 0 Å². The zero-order chi connectivity index (χ0) is 25.1. The summed E-state index contributed by atoms with van der Waals surface area (Å²) in [5.74, 6) is 0.551. The van der Waals surface area contributed by atoms with E-state index in [9.17, 15) is 4.79 Å². The SMILES string of the molecule is CCCCCCCCC(CCCCCC)COC(=O)CCCCCNCCCN(CC)CCO. The summed E-state index contributed by atoms with van der Waals surface area (Å²) in [6.07, 6.45) is 20.4. The molecule has 204 valence electrons. The lowest BCUT2D eigenvalue weighted by atomic mass is 9.95. The molecule has 0 saturated carbocycles. The molecule has 1 unspecified atom stereocenters. The Morgan fingerprint density at radius 3 is 2.00 bits per heavy atom. The van der Waals surface area contributed by atoms with Crippen molar-refractivity contribution in [2.45, 2.75) is 130 Å². The molecule has 0 rings (SSSR count). The molecule has 0 amide bonds. The van der Waals surface area contributed by atoms with E-state index in [2.05, 4.69) is 31.0 Å². The lowest BCUT2D eigenvalue weighted by Gasteiger charge is -2.18. The average molecular weight is 485 g/mol. The Hall–Kier alpha value is -0.650. The molecule has 0 heterocycles. The van der Waals surface area contributed by atoms with Crippen LogP contribution in [-0.2, 0) is 9.53 Å².